The normalized spacial score (nSPS) is 19.8. The number of methoxy groups -OCH3 is 1. The number of aliphatic hydroxyl groups is 1. The summed E-state index contributed by atoms with van der Waals surface area (Å²) in [4.78, 5) is 11.5. The summed E-state index contributed by atoms with van der Waals surface area (Å²) in [7, 11) is 1.54. The summed E-state index contributed by atoms with van der Waals surface area (Å²) >= 11 is 0. The molecular weight excluding hydrogens is 492 g/mol. The summed E-state index contributed by atoms with van der Waals surface area (Å²) in [6, 6.07) is 13.7. The van der Waals surface area contributed by atoms with Crippen LogP contribution in [0.3, 0.4) is 0 Å². The number of hydrogen-bond donors (Lipinski definition) is 3. The summed E-state index contributed by atoms with van der Waals surface area (Å²) in [5.74, 6) is -2.06. The lowest BCUT2D eigenvalue weighted by atomic mass is 9.77. The number of carboxylic acids is 1. The molecule has 0 amide bonds. The van der Waals surface area contributed by atoms with E-state index in [1.54, 1.807) is 42.0 Å². The average Bonchev–Trinajstić information content (AvgIpc) is 3.53. The third-order valence-electron chi connectivity index (χ3n) is 7.61. The summed E-state index contributed by atoms with van der Waals surface area (Å²) in [6.45, 7) is 0. The number of H-pyrrole nitrogens is 1. The molecule has 0 saturated heterocycles. The molecule has 1 saturated carbocycles. The molecule has 7 nitrogen and oxygen atoms in total. The van der Waals surface area contributed by atoms with Crippen molar-refractivity contribution in [3.05, 3.63) is 83.7 Å². The number of rotatable bonds is 5. The molecule has 2 unspecified atom stereocenters. The summed E-state index contributed by atoms with van der Waals surface area (Å²) in [6.07, 6.45) is 3.50. The second-order valence-electron chi connectivity index (χ2n) is 9.73. The fourth-order valence-electron chi connectivity index (χ4n) is 5.84. The molecule has 1 fully saturated rings. The minimum Gasteiger partial charge on any atom is -0.478 e. The Morgan fingerprint density at radius 1 is 1.13 bits per heavy atom. The van der Waals surface area contributed by atoms with Crippen LogP contribution in [-0.4, -0.2) is 44.2 Å². The maximum atomic E-state index is 16.3. The monoisotopic (exact) mass is 517 g/mol. The van der Waals surface area contributed by atoms with Crippen LogP contribution in [0.4, 0.5) is 8.78 Å². The molecule has 3 aromatic carbocycles. The number of hydrogen-bond acceptors (Lipinski definition) is 4. The number of nitrogens with one attached hydrogen (secondary N) is 1. The average molecular weight is 518 g/mol. The molecule has 2 heterocycles. The Bertz CT molecular complexity index is 1670. The standard InChI is InChI=1S/C29H25F2N3O4/c1-38-22-4-2-3-13-29(22,37)27-23(16-5-7-17(8-6-16)28(35)36)24-21(14-18-15-32-33-26(18)25(24)31)34(27)20-11-9-19(30)10-12-20/h5-12,14-15,22,37H,2-4,13H2,1H3,(H,32,33)(H,35,36). The zero-order valence-electron chi connectivity index (χ0n) is 20.5. The Labute approximate surface area is 216 Å². The van der Waals surface area contributed by atoms with E-state index < -0.39 is 29.3 Å². The molecule has 0 aliphatic heterocycles. The van der Waals surface area contributed by atoms with Gasteiger partial charge in [0.2, 0.25) is 0 Å². The first kappa shape index (κ1) is 24.3. The summed E-state index contributed by atoms with van der Waals surface area (Å²) < 4.78 is 37.9. The zero-order valence-corrected chi connectivity index (χ0v) is 20.5. The molecule has 38 heavy (non-hydrogen) atoms. The van der Waals surface area contributed by atoms with Gasteiger partial charge in [0.05, 0.1) is 29.1 Å². The SMILES string of the molecule is COC1CCCCC1(O)c1c(-c2ccc(C(=O)O)cc2)c2c(F)c3[nH]ncc3cc2n1-c1ccc(F)cc1. The van der Waals surface area contributed by atoms with Crippen LogP contribution in [0.2, 0.25) is 0 Å². The van der Waals surface area contributed by atoms with Gasteiger partial charge in [0.15, 0.2) is 5.82 Å². The van der Waals surface area contributed by atoms with E-state index in [2.05, 4.69) is 10.2 Å². The van der Waals surface area contributed by atoms with E-state index >= 15 is 4.39 Å². The van der Waals surface area contributed by atoms with Gasteiger partial charge in [0.25, 0.3) is 0 Å². The second kappa shape index (κ2) is 9.04. The largest absolute Gasteiger partial charge is 0.478 e. The highest BCUT2D eigenvalue weighted by molar-refractivity contribution is 6.06. The highest BCUT2D eigenvalue weighted by atomic mass is 19.1. The van der Waals surface area contributed by atoms with Gasteiger partial charge >= 0.3 is 5.97 Å². The quantitative estimate of drug-likeness (QED) is 0.268. The molecule has 9 heteroatoms. The molecule has 6 rings (SSSR count). The van der Waals surface area contributed by atoms with Crippen molar-refractivity contribution in [3.8, 4) is 16.8 Å². The first-order valence-electron chi connectivity index (χ1n) is 12.4. The summed E-state index contributed by atoms with van der Waals surface area (Å²) in [5.41, 5.74) is 1.14. The number of carbonyl (C=O) groups is 1. The van der Waals surface area contributed by atoms with Crippen LogP contribution in [0.25, 0.3) is 38.6 Å². The molecule has 0 radical (unpaired) electrons. The van der Waals surface area contributed by atoms with Gasteiger partial charge in [-0.3, -0.25) is 5.10 Å². The lowest BCUT2D eigenvalue weighted by Crippen LogP contribution is -2.45. The fraction of sp³-hybridized carbons (Fsp3) is 0.241. The van der Waals surface area contributed by atoms with Gasteiger partial charge in [-0.25, -0.2) is 13.6 Å². The smallest absolute Gasteiger partial charge is 0.335 e. The number of ether oxygens (including phenoxy) is 1. The molecule has 1 aliphatic carbocycles. The van der Waals surface area contributed by atoms with Crippen LogP contribution < -0.4 is 0 Å². The summed E-state index contributed by atoms with van der Waals surface area (Å²) in [5, 5.41) is 29.3. The molecule has 2 atom stereocenters. The first-order valence-corrected chi connectivity index (χ1v) is 12.4. The van der Waals surface area contributed by atoms with Gasteiger partial charge in [-0.1, -0.05) is 18.6 Å². The van der Waals surface area contributed by atoms with Gasteiger partial charge in [-0.2, -0.15) is 5.10 Å². The maximum absolute atomic E-state index is 16.3. The number of aromatic amines is 1. The molecule has 0 bridgehead atoms. The minimum absolute atomic E-state index is 0.0835. The van der Waals surface area contributed by atoms with E-state index in [1.807, 2.05) is 0 Å². The number of fused-ring (bicyclic) bond motifs is 2. The molecule has 194 valence electrons. The van der Waals surface area contributed by atoms with Crippen LogP contribution in [0.5, 0.6) is 0 Å². The van der Waals surface area contributed by atoms with Crippen molar-refractivity contribution in [3.63, 3.8) is 0 Å². The van der Waals surface area contributed by atoms with Crippen LogP contribution in [0, 0.1) is 11.6 Å². The Morgan fingerprint density at radius 2 is 1.87 bits per heavy atom. The number of nitrogens with zero attached hydrogens (tertiary/aromatic N) is 2. The lowest BCUT2D eigenvalue weighted by Gasteiger charge is -2.40. The van der Waals surface area contributed by atoms with E-state index in [0.29, 0.717) is 46.3 Å². The van der Waals surface area contributed by atoms with Gasteiger partial charge in [-0.15, -0.1) is 0 Å². The van der Waals surface area contributed by atoms with E-state index in [0.717, 1.165) is 12.8 Å². The van der Waals surface area contributed by atoms with Crippen molar-refractivity contribution < 1.29 is 28.5 Å². The van der Waals surface area contributed by atoms with Crippen LogP contribution in [-0.2, 0) is 10.3 Å². The van der Waals surface area contributed by atoms with Crippen molar-refractivity contribution in [1.29, 1.82) is 0 Å². The van der Waals surface area contributed by atoms with E-state index in [9.17, 15) is 19.4 Å². The Morgan fingerprint density at radius 3 is 2.55 bits per heavy atom. The van der Waals surface area contributed by atoms with E-state index in [1.165, 1.54) is 30.5 Å². The highest BCUT2D eigenvalue weighted by Gasteiger charge is 2.46. The van der Waals surface area contributed by atoms with Crippen molar-refractivity contribution in [2.75, 3.05) is 7.11 Å². The van der Waals surface area contributed by atoms with E-state index in [4.69, 9.17) is 4.74 Å². The van der Waals surface area contributed by atoms with Gasteiger partial charge in [0.1, 0.15) is 16.9 Å². The number of aromatic nitrogens is 3. The van der Waals surface area contributed by atoms with Crippen LogP contribution in [0.1, 0.15) is 41.7 Å². The van der Waals surface area contributed by atoms with Gasteiger partial charge in [-0.05, 0) is 67.3 Å². The van der Waals surface area contributed by atoms with Crippen molar-refractivity contribution in [2.24, 2.45) is 0 Å². The predicted molar refractivity (Wildman–Crippen MR) is 138 cm³/mol. The molecule has 0 spiro atoms. The number of aromatic carboxylic acids is 1. The number of halogens is 2. The third-order valence-corrected chi connectivity index (χ3v) is 7.61. The third kappa shape index (κ3) is 3.61. The van der Waals surface area contributed by atoms with Gasteiger partial charge in [0, 0.05) is 29.1 Å². The maximum Gasteiger partial charge on any atom is 0.335 e. The molecule has 1 aliphatic rings. The van der Waals surface area contributed by atoms with Crippen LogP contribution in [0.15, 0.2) is 60.8 Å². The Balaban J connectivity index is 1.80. The van der Waals surface area contributed by atoms with Crippen LogP contribution >= 0.6 is 0 Å². The second-order valence-corrected chi connectivity index (χ2v) is 9.73. The molecular formula is C29H25F2N3O4. The van der Waals surface area contributed by atoms with Crippen molar-refractivity contribution in [1.82, 2.24) is 14.8 Å². The lowest BCUT2D eigenvalue weighted by molar-refractivity contribution is -0.125. The molecule has 3 N–H and O–H groups in total. The van der Waals surface area contributed by atoms with Crippen molar-refractivity contribution >= 4 is 27.8 Å². The minimum atomic E-state index is -1.51. The number of carboxylic acid groups (broad SMARTS) is 1. The predicted octanol–water partition coefficient (Wildman–Crippen LogP) is 5.93. The molecule has 5 aromatic rings. The molecule has 2 aromatic heterocycles. The van der Waals surface area contributed by atoms with Gasteiger partial charge < -0.3 is 19.5 Å². The van der Waals surface area contributed by atoms with Crippen molar-refractivity contribution in [2.45, 2.75) is 37.4 Å². The fourth-order valence-corrected chi connectivity index (χ4v) is 5.84. The zero-order chi connectivity index (χ0) is 26.6. The number of benzene rings is 3. The Hall–Kier alpha value is -4.08. The highest BCUT2D eigenvalue weighted by Crippen LogP contribution is 2.49. The first-order chi connectivity index (χ1) is 18.3. The Kier molecular flexibility index (Phi) is 5.77. The van der Waals surface area contributed by atoms with E-state index in [-0.39, 0.29) is 16.5 Å². The topological polar surface area (TPSA) is 100 Å².